The topological polar surface area (TPSA) is 190 Å². The molecule has 146 valence electrons. The summed E-state index contributed by atoms with van der Waals surface area (Å²) in [4.78, 5) is 28.4. The van der Waals surface area contributed by atoms with Gasteiger partial charge in [-0.05, 0) is 19.8 Å². The first kappa shape index (κ1) is 20.1. The highest BCUT2D eigenvalue weighted by molar-refractivity contribution is 6.45. The van der Waals surface area contributed by atoms with Crippen LogP contribution in [0.2, 0.25) is 0 Å². The van der Waals surface area contributed by atoms with Crippen molar-refractivity contribution in [2.75, 3.05) is 13.2 Å². The molecule has 4 atom stereocenters. The number of esters is 1. The van der Waals surface area contributed by atoms with Gasteiger partial charge in [0.1, 0.15) is 29.7 Å². The fourth-order valence-electron chi connectivity index (χ4n) is 2.30. The summed E-state index contributed by atoms with van der Waals surface area (Å²) in [5, 5.41) is 31.1. The number of nitrogens with two attached hydrogens (primary N) is 2. The normalized spacial score (nSPS) is 29.9. The third-order valence-electron chi connectivity index (χ3n) is 3.93. The number of hydrogen-bond acceptors (Lipinski definition) is 10. The second-order valence-electron chi connectivity index (χ2n) is 5.99. The molecule has 0 aromatic carbocycles. The van der Waals surface area contributed by atoms with E-state index in [1.165, 1.54) is 0 Å². The first-order valence-corrected chi connectivity index (χ1v) is 8.23. The predicted molar refractivity (Wildman–Crippen MR) is 88.4 cm³/mol. The molecule has 1 aliphatic heterocycles. The number of hydrogen-bond donors (Lipinski definition) is 6. The van der Waals surface area contributed by atoms with Crippen LogP contribution in [0.1, 0.15) is 19.8 Å². The van der Waals surface area contributed by atoms with E-state index in [-0.39, 0.29) is 24.1 Å². The van der Waals surface area contributed by atoms with Crippen LogP contribution in [0.25, 0.3) is 0 Å². The van der Waals surface area contributed by atoms with E-state index in [0.29, 0.717) is 0 Å². The fraction of sp³-hybridized carbons (Fsp3) is 0.667. The van der Waals surface area contributed by atoms with Gasteiger partial charge in [0.15, 0.2) is 6.23 Å². The summed E-state index contributed by atoms with van der Waals surface area (Å²) in [6.45, 7) is 1.14. The molecule has 2 aliphatic rings. The summed E-state index contributed by atoms with van der Waals surface area (Å²) < 4.78 is 9.94. The van der Waals surface area contributed by atoms with Crippen LogP contribution in [0.15, 0.2) is 16.4 Å². The number of nitrogens with zero attached hydrogens (tertiary/aromatic N) is 1. The zero-order chi connectivity index (χ0) is 19.4. The third kappa shape index (κ3) is 4.49. The molecule has 0 bridgehead atoms. The fourth-order valence-corrected chi connectivity index (χ4v) is 2.30. The maximum atomic E-state index is 12.5. The Balaban J connectivity index is 2.18. The molecule has 4 unspecified atom stereocenters. The van der Waals surface area contributed by atoms with E-state index < -0.39 is 48.7 Å². The Kier molecular flexibility index (Phi) is 6.53. The second-order valence-corrected chi connectivity index (χ2v) is 5.99. The highest BCUT2D eigenvalue weighted by Gasteiger charge is 2.43. The molecule has 11 nitrogen and oxygen atoms in total. The molecule has 1 amide bonds. The lowest BCUT2D eigenvalue weighted by Crippen LogP contribution is -2.47. The van der Waals surface area contributed by atoms with Crippen LogP contribution in [-0.2, 0) is 19.1 Å². The van der Waals surface area contributed by atoms with Gasteiger partial charge in [-0.3, -0.25) is 9.79 Å². The summed E-state index contributed by atoms with van der Waals surface area (Å²) in [6.07, 6.45) is -3.63. The molecule has 2 fully saturated rings. The highest BCUT2D eigenvalue weighted by atomic mass is 16.6. The smallest absolute Gasteiger partial charge is 0.356 e. The molecule has 1 aliphatic carbocycles. The van der Waals surface area contributed by atoms with E-state index in [9.17, 15) is 19.8 Å². The van der Waals surface area contributed by atoms with Crippen LogP contribution in [0.4, 0.5) is 0 Å². The Labute approximate surface area is 149 Å². The van der Waals surface area contributed by atoms with Gasteiger partial charge in [0.25, 0.3) is 5.91 Å². The van der Waals surface area contributed by atoms with Gasteiger partial charge in [-0.25, -0.2) is 4.79 Å². The lowest BCUT2D eigenvalue weighted by molar-refractivity contribution is -0.138. The molecule has 1 saturated carbocycles. The van der Waals surface area contributed by atoms with Gasteiger partial charge >= 0.3 is 5.97 Å². The van der Waals surface area contributed by atoms with Gasteiger partial charge in [-0.2, -0.15) is 0 Å². The number of aliphatic hydroxyl groups excluding tert-OH is 3. The van der Waals surface area contributed by atoms with Gasteiger partial charge in [0.2, 0.25) is 0 Å². The second kappa shape index (κ2) is 8.45. The van der Waals surface area contributed by atoms with Gasteiger partial charge < -0.3 is 41.6 Å². The van der Waals surface area contributed by atoms with Gasteiger partial charge in [-0.1, -0.05) is 0 Å². The Hall–Kier alpha value is -2.21. The van der Waals surface area contributed by atoms with Crippen LogP contribution < -0.4 is 16.8 Å². The average Bonchev–Trinajstić information content (AvgIpc) is 3.40. The van der Waals surface area contributed by atoms with E-state index >= 15 is 0 Å². The van der Waals surface area contributed by atoms with Crippen molar-refractivity contribution in [3.63, 3.8) is 0 Å². The van der Waals surface area contributed by atoms with Crippen molar-refractivity contribution in [1.82, 2.24) is 5.32 Å². The van der Waals surface area contributed by atoms with Crippen LogP contribution >= 0.6 is 0 Å². The summed E-state index contributed by atoms with van der Waals surface area (Å²) in [5.74, 6) is -1.72. The standard InChI is InChI=1S/C15H24N4O7/c1-2-25-15(24)9(17)8(16)10(18-6-3-4-6)13(23)19-14-12(22)11(21)7(5-20)26-14/h6-7,11-12,14,20-22H,2-5,16-17H2,1H3,(H,19,23). The summed E-state index contributed by atoms with van der Waals surface area (Å²) in [6, 6.07) is -0.116. The molecule has 2 rings (SSSR count). The predicted octanol–water partition coefficient (Wildman–Crippen LogP) is -3.16. The Bertz CT molecular complexity index is 617. The molecule has 8 N–H and O–H groups in total. The van der Waals surface area contributed by atoms with Crippen molar-refractivity contribution in [2.45, 2.75) is 50.3 Å². The lowest BCUT2D eigenvalue weighted by atomic mass is 10.1. The minimum absolute atomic E-state index is 0.0800. The Morgan fingerprint density at radius 2 is 1.88 bits per heavy atom. The number of rotatable bonds is 7. The van der Waals surface area contributed by atoms with Crippen LogP contribution in [0.3, 0.4) is 0 Å². The lowest BCUT2D eigenvalue weighted by Gasteiger charge is -2.18. The van der Waals surface area contributed by atoms with Gasteiger partial charge in [0, 0.05) is 0 Å². The largest absolute Gasteiger partial charge is 0.461 e. The number of ether oxygens (including phenoxy) is 2. The van der Waals surface area contributed by atoms with Gasteiger partial charge in [0.05, 0.1) is 25.0 Å². The quantitative estimate of drug-likeness (QED) is 0.152. The summed E-state index contributed by atoms with van der Waals surface area (Å²) in [5.41, 5.74) is 10.4. The average molecular weight is 372 g/mol. The zero-order valence-corrected chi connectivity index (χ0v) is 14.3. The van der Waals surface area contributed by atoms with Crippen molar-refractivity contribution in [1.29, 1.82) is 0 Å². The van der Waals surface area contributed by atoms with E-state index in [4.69, 9.17) is 26.0 Å². The molecule has 0 aromatic rings. The number of carbonyl (C=O) groups excluding carboxylic acids is 2. The minimum atomic E-state index is -1.45. The van der Waals surface area contributed by atoms with Crippen LogP contribution in [0.5, 0.6) is 0 Å². The van der Waals surface area contributed by atoms with Crippen LogP contribution in [0, 0.1) is 0 Å². The van der Waals surface area contributed by atoms with Crippen molar-refractivity contribution in [2.24, 2.45) is 16.5 Å². The van der Waals surface area contributed by atoms with E-state index in [0.717, 1.165) is 12.8 Å². The molecule has 0 aromatic heterocycles. The number of aliphatic imine (C=N–C) groups is 1. The molecular weight excluding hydrogens is 348 g/mol. The van der Waals surface area contributed by atoms with Crippen molar-refractivity contribution < 1.29 is 34.4 Å². The molecule has 1 heterocycles. The zero-order valence-electron chi connectivity index (χ0n) is 14.3. The maximum Gasteiger partial charge on any atom is 0.356 e. The first-order valence-electron chi connectivity index (χ1n) is 8.23. The summed E-state index contributed by atoms with van der Waals surface area (Å²) >= 11 is 0. The molecule has 11 heteroatoms. The van der Waals surface area contributed by atoms with Crippen molar-refractivity contribution in [3.05, 3.63) is 11.4 Å². The van der Waals surface area contributed by atoms with Crippen LogP contribution in [-0.4, -0.2) is 76.7 Å². The minimum Gasteiger partial charge on any atom is -0.461 e. The third-order valence-corrected chi connectivity index (χ3v) is 3.93. The Morgan fingerprint density at radius 1 is 1.23 bits per heavy atom. The number of amides is 1. The summed E-state index contributed by atoms with van der Waals surface area (Å²) in [7, 11) is 0. The Morgan fingerprint density at radius 3 is 2.38 bits per heavy atom. The number of aliphatic hydroxyl groups is 3. The van der Waals surface area contributed by atoms with E-state index in [2.05, 4.69) is 10.3 Å². The van der Waals surface area contributed by atoms with E-state index in [1.54, 1.807) is 6.92 Å². The maximum absolute atomic E-state index is 12.5. The monoisotopic (exact) mass is 372 g/mol. The number of carbonyl (C=O) groups is 2. The molecule has 0 spiro atoms. The first-order chi connectivity index (χ1) is 12.3. The van der Waals surface area contributed by atoms with Crippen molar-refractivity contribution >= 4 is 17.6 Å². The van der Waals surface area contributed by atoms with Gasteiger partial charge in [-0.15, -0.1) is 0 Å². The number of nitrogens with one attached hydrogen (secondary N) is 1. The molecule has 1 saturated heterocycles. The van der Waals surface area contributed by atoms with Crippen molar-refractivity contribution in [3.8, 4) is 0 Å². The molecule has 26 heavy (non-hydrogen) atoms. The highest BCUT2D eigenvalue weighted by Crippen LogP contribution is 2.25. The molecular formula is C15H24N4O7. The molecule has 0 radical (unpaired) electrons. The van der Waals surface area contributed by atoms with E-state index in [1.807, 2.05) is 0 Å². The SMILES string of the molecule is CCOC(=O)C(N)=C(N)C(=NC1CC1)C(=O)NC1OC(CO)C(O)C1O.